The Kier molecular flexibility index (Phi) is 6.75. The smallest absolute Gasteiger partial charge is 0.298 e. The summed E-state index contributed by atoms with van der Waals surface area (Å²) in [4.78, 5) is 15.4. The first-order valence-corrected chi connectivity index (χ1v) is 11.9. The summed E-state index contributed by atoms with van der Waals surface area (Å²) < 4.78 is 34.3. The number of rotatable bonds is 8. The second-order valence-electron chi connectivity index (χ2n) is 8.86. The van der Waals surface area contributed by atoms with Crippen molar-refractivity contribution in [2.75, 3.05) is 19.6 Å². The number of carbonyl (C=O) groups is 1. The van der Waals surface area contributed by atoms with E-state index < -0.39 is 17.9 Å². The maximum absolute atomic E-state index is 15.8. The lowest BCUT2D eigenvalue weighted by Gasteiger charge is -2.38. The number of halogens is 2. The van der Waals surface area contributed by atoms with Gasteiger partial charge < -0.3 is 10.2 Å². The average Bonchev–Trinajstić information content (AvgIpc) is 3.57. The van der Waals surface area contributed by atoms with E-state index in [-0.39, 0.29) is 11.1 Å². The molecule has 0 bridgehead atoms. The molecule has 2 aliphatic rings. The summed E-state index contributed by atoms with van der Waals surface area (Å²) in [5.41, 5.74) is 2.63. The molecule has 1 saturated heterocycles. The van der Waals surface area contributed by atoms with Crippen LogP contribution in [-0.2, 0) is 10.7 Å². The van der Waals surface area contributed by atoms with Crippen LogP contribution in [0.2, 0.25) is 0 Å². The minimum absolute atomic E-state index is 0.0959. The minimum Gasteiger partial charge on any atom is -0.338 e. The fourth-order valence-electron chi connectivity index (χ4n) is 4.07. The van der Waals surface area contributed by atoms with Crippen LogP contribution in [0.1, 0.15) is 24.0 Å². The summed E-state index contributed by atoms with van der Waals surface area (Å²) >= 11 is 0.910. The summed E-state index contributed by atoms with van der Waals surface area (Å²) in [5.74, 6) is -4.02. The minimum atomic E-state index is -3.42. The lowest BCUT2D eigenvalue weighted by atomic mass is 9.96. The molecular weight excluding hydrogens is 440 g/mol. The van der Waals surface area contributed by atoms with Gasteiger partial charge >= 0.3 is 0 Å². The predicted molar refractivity (Wildman–Crippen MR) is 131 cm³/mol. The lowest BCUT2D eigenvalue weighted by molar-refractivity contribution is -0.145. The number of alkyl halides is 2. The highest BCUT2D eigenvalue weighted by atomic mass is 32.2. The van der Waals surface area contributed by atoms with E-state index in [1.54, 1.807) is 17.0 Å². The van der Waals surface area contributed by atoms with Crippen LogP contribution in [0.5, 0.6) is 0 Å². The van der Waals surface area contributed by atoms with Crippen molar-refractivity contribution >= 4 is 17.9 Å². The summed E-state index contributed by atoms with van der Waals surface area (Å²) in [7, 11) is 0. The van der Waals surface area contributed by atoms with Gasteiger partial charge in [-0.05, 0) is 42.8 Å². The maximum atomic E-state index is 15.8. The molecule has 0 aromatic heterocycles. The fourth-order valence-corrected chi connectivity index (χ4v) is 4.67. The average molecular weight is 470 g/mol. The van der Waals surface area contributed by atoms with E-state index in [0.717, 1.165) is 41.5 Å². The van der Waals surface area contributed by atoms with Gasteiger partial charge in [-0.1, -0.05) is 73.3 Å². The van der Waals surface area contributed by atoms with Gasteiger partial charge in [-0.15, -0.1) is 0 Å². The standard InChI is InChI=1S/C26H29F2N3OS/c1-4-19(3)33-30-23(24(32)31-16-15-29-25(17-31)13-14-25)26(27,28)22-11-9-21(10-12-22)20-7-5-18(2)6-8-20/h4-12,23,29-30H,1,3,13-17H2,2H3. The van der Waals surface area contributed by atoms with Crippen molar-refractivity contribution in [1.82, 2.24) is 14.9 Å². The van der Waals surface area contributed by atoms with Gasteiger partial charge in [-0.3, -0.25) is 4.79 Å². The zero-order chi connectivity index (χ0) is 23.6. The zero-order valence-electron chi connectivity index (χ0n) is 18.7. The van der Waals surface area contributed by atoms with E-state index in [2.05, 4.69) is 23.2 Å². The molecule has 4 rings (SSSR count). The third-order valence-electron chi connectivity index (χ3n) is 6.34. The first kappa shape index (κ1) is 23.7. The van der Waals surface area contributed by atoms with E-state index in [1.165, 1.54) is 18.2 Å². The summed E-state index contributed by atoms with van der Waals surface area (Å²) in [6.07, 6.45) is 3.40. The van der Waals surface area contributed by atoms with Gasteiger partial charge in [0.2, 0.25) is 5.91 Å². The molecule has 2 fully saturated rings. The molecule has 2 aromatic carbocycles. The molecule has 2 aromatic rings. The van der Waals surface area contributed by atoms with E-state index in [9.17, 15) is 4.79 Å². The Labute approximate surface area is 198 Å². The molecular formula is C26H29F2N3OS. The van der Waals surface area contributed by atoms with Crippen LogP contribution in [0, 0.1) is 6.92 Å². The summed E-state index contributed by atoms with van der Waals surface area (Å²) in [6.45, 7) is 10.9. The van der Waals surface area contributed by atoms with Crippen molar-refractivity contribution in [3.8, 4) is 11.1 Å². The van der Waals surface area contributed by atoms with E-state index in [0.29, 0.717) is 24.5 Å². The van der Waals surface area contributed by atoms with E-state index in [1.807, 2.05) is 31.2 Å². The molecule has 1 saturated carbocycles. The van der Waals surface area contributed by atoms with Crippen molar-refractivity contribution < 1.29 is 13.6 Å². The van der Waals surface area contributed by atoms with Crippen LogP contribution >= 0.6 is 11.9 Å². The van der Waals surface area contributed by atoms with Crippen LogP contribution in [0.25, 0.3) is 11.1 Å². The highest BCUT2D eigenvalue weighted by Crippen LogP contribution is 2.40. The third kappa shape index (κ3) is 5.21. The number of aryl methyl sites for hydroxylation is 1. The van der Waals surface area contributed by atoms with Crippen molar-refractivity contribution in [2.24, 2.45) is 0 Å². The largest absolute Gasteiger partial charge is 0.338 e. The second-order valence-corrected chi connectivity index (χ2v) is 9.82. The van der Waals surface area contributed by atoms with Gasteiger partial charge in [-0.2, -0.15) is 8.78 Å². The summed E-state index contributed by atoms with van der Waals surface area (Å²) in [5, 5.41) is 3.41. The van der Waals surface area contributed by atoms with Crippen LogP contribution in [-0.4, -0.2) is 42.0 Å². The molecule has 1 amide bonds. The number of benzene rings is 2. The van der Waals surface area contributed by atoms with Gasteiger partial charge in [-0.25, -0.2) is 4.72 Å². The number of nitrogens with one attached hydrogen (secondary N) is 2. The van der Waals surface area contributed by atoms with Crippen molar-refractivity contribution in [3.05, 3.63) is 83.8 Å². The SMILES string of the molecule is C=CC(=C)SNC(C(=O)N1CCNC2(CC2)C1)C(F)(F)c1ccc(-c2ccc(C)cc2)cc1. The van der Waals surface area contributed by atoms with Gasteiger partial charge in [0.05, 0.1) is 0 Å². The van der Waals surface area contributed by atoms with Crippen LogP contribution in [0.3, 0.4) is 0 Å². The molecule has 4 nitrogen and oxygen atoms in total. The second kappa shape index (κ2) is 9.41. The maximum Gasteiger partial charge on any atom is 0.298 e. The number of allylic oxidation sites excluding steroid dienone is 1. The molecule has 1 spiro atoms. The molecule has 1 aliphatic heterocycles. The molecule has 1 atom stereocenters. The van der Waals surface area contributed by atoms with Crippen molar-refractivity contribution in [2.45, 2.75) is 37.3 Å². The Bertz CT molecular complexity index is 1030. The molecule has 1 unspecified atom stereocenters. The molecule has 1 aliphatic carbocycles. The van der Waals surface area contributed by atoms with Crippen LogP contribution in [0.4, 0.5) is 8.78 Å². The number of piperazine rings is 1. The predicted octanol–water partition coefficient (Wildman–Crippen LogP) is 5.02. The molecule has 0 radical (unpaired) electrons. The van der Waals surface area contributed by atoms with Crippen LogP contribution in [0.15, 0.2) is 72.7 Å². The number of carbonyl (C=O) groups excluding carboxylic acids is 1. The Morgan fingerprint density at radius 2 is 1.79 bits per heavy atom. The van der Waals surface area contributed by atoms with E-state index in [4.69, 9.17) is 0 Å². The Morgan fingerprint density at radius 3 is 2.36 bits per heavy atom. The van der Waals surface area contributed by atoms with Crippen LogP contribution < -0.4 is 10.0 Å². The Hall–Kier alpha value is -2.48. The van der Waals surface area contributed by atoms with Gasteiger partial charge in [0.15, 0.2) is 6.04 Å². The Balaban J connectivity index is 1.58. The number of hydrogen-bond donors (Lipinski definition) is 2. The Morgan fingerprint density at radius 1 is 1.18 bits per heavy atom. The monoisotopic (exact) mass is 469 g/mol. The normalized spacial score (nSPS) is 18.1. The summed E-state index contributed by atoms with van der Waals surface area (Å²) in [6, 6.07) is 12.3. The number of nitrogens with zero attached hydrogens (tertiary/aromatic N) is 1. The molecule has 1 heterocycles. The number of amides is 1. The molecule has 2 N–H and O–H groups in total. The first-order chi connectivity index (χ1) is 15.7. The number of hydrogen-bond acceptors (Lipinski definition) is 4. The van der Waals surface area contributed by atoms with Gasteiger partial charge in [0.1, 0.15) is 0 Å². The fraction of sp³-hybridized carbons (Fsp3) is 0.346. The van der Waals surface area contributed by atoms with Gasteiger partial charge in [0, 0.05) is 35.6 Å². The topological polar surface area (TPSA) is 44.4 Å². The highest BCUT2D eigenvalue weighted by Gasteiger charge is 2.51. The van der Waals surface area contributed by atoms with E-state index >= 15 is 8.78 Å². The third-order valence-corrected chi connectivity index (χ3v) is 7.12. The quantitative estimate of drug-likeness (QED) is 0.421. The first-order valence-electron chi connectivity index (χ1n) is 11.1. The van der Waals surface area contributed by atoms with Crippen molar-refractivity contribution in [3.63, 3.8) is 0 Å². The van der Waals surface area contributed by atoms with Gasteiger partial charge in [0.25, 0.3) is 5.92 Å². The zero-order valence-corrected chi connectivity index (χ0v) is 19.6. The molecule has 33 heavy (non-hydrogen) atoms. The highest BCUT2D eigenvalue weighted by molar-refractivity contribution is 8.01. The lowest BCUT2D eigenvalue weighted by Crippen LogP contribution is -2.60. The van der Waals surface area contributed by atoms with Crippen molar-refractivity contribution in [1.29, 1.82) is 0 Å². The molecule has 7 heteroatoms. The molecule has 174 valence electrons.